The lowest BCUT2D eigenvalue weighted by molar-refractivity contribution is -0.0242. The van der Waals surface area contributed by atoms with Crippen LogP contribution in [0.4, 0.5) is 10.6 Å². The maximum Gasteiger partial charge on any atom is 0.407 e. The molecule has 4 aromatic rings. The summed E-state index contributed by atoms with van der Waals surface area (Å²) in [6.07, 6.45) is 4.47. The fraction of sp³-hybridized carbons (Fsp3) is 0.308. The highest BCUT2D eigenvalue weighted by Gasteiger charge is 2.47. The minimum Gasteiger partial charge on any atom is -0.465 e. The lowest BCUT2D eigenvalue weighted by Crippen LogP contribution is -2.59. The van der Waals surface area contributed by atoms with Crippen molar-refractivity contribution in [2.45, 2.75) is 31.7 Å². The first kappa shape index (κ1) is 21.4. The zero-order valence-electron chi connectivity index (χ0n) is 19.2. The molecule has 2 aliphatic rings. The molecule has 1 saturated heterocycles. The number of fused-ring (bicyclic) bond motifs is 1. The molecule has 3 N–H and O–H groups in total. The Hall–Kier alpha value is -4.14. The van der Waals surface area contributed by atoms with Gasteiger partial charge in [-0.05, 0) is 62.1 Å². The molecule has 35 heavy (non-hydrogen) atoms. The van der Waals surface area contributed by atoms with E-state index in [1.807, 2.05) is 59.3 Å². The van der Waals surface area contributed by atoms with Gasteiger partial charge in [0.1, 0.15) is 29.3 Å². The number of para-hydroxylation sites is 1. The van der Waals surface area contributed by atoms with Crippen LogP contribution in [0.1, 0.15) is 31.7 Å². The molecule has 2 aromatic carbocycles. The highest BCUT2D eigenvalue weighted by atomic mass is 16.5. The van der Waals surface area contributed by atoms with Crippen molar-refractivity contribution in [2.75, 3.05) is 18.8 Å². The van der Waals surface area contributed by atoms with Crippen LogP contribution in [0, 0.1) is 5.41 Å². The normalized spacial score (nSPS) is 17.4. The number of aromatic nitrogens is 4. The van der Waals surface area contributed by atoms with Gasteiger partial charge in [0.05, 0.1) is 11.4 Å². The van der Waals surface area contributed by atoms with Crippen molar-refractivity contribution in [3.8, 4) is 22.8 Å². The number of hydrogen-bond donors (Lipinski definition) is 2. The van der Waals surface area contributed by atoms with Crippen molar-refractivity contribution in [2.24, 2.45) is 5.41 Å². The Morgan fingerprint density at radius 2 is 1.69 bits per heavy atom. The lowest BCUT2D eigenvalue weighted by atomic mass is 9.67. The van der Waals surface area contributed by atoms with Gasteiger partial charge in [0.15, 0.2) is 5.65 Å². The molecular weight excluding hydrogens is 444 g/mol. The maximum absolute atomic E-state index is 11.2. The van der Waals surface area contributed by atoms with Gasteiger partial charge in [-0.2, -0.15) is 5.10 Å². The van der Waals surface area contributed by atoms with E-state index in [0.29, 0.717) is 18.9 Å². The van der Waals surface area contributed by atoms with E-state index in [1.165, 1.54) is 11.2 Å². The molecule has 0 unspecified atom stereocenters. The number of ether oxygens (including phenoxy) is 1. The van der Waals surface area contributed by atoms with Gasteiger partial charge in [0.2, 0.25) is 0 Å². The van der Waals surface area contributed by atoms with Gasteiger partial charge in [0, 0.05) is 24.1 Å². The van der Waals surface area contributed by atoms with E-state index in [2.05, 4.69) is 9.97 Å². The number of carboxylic acid groups (broad SMARTS) is 1. The van der Waals surface area contributed by atoms with Gasteiger partial charge >= 0.3 is 6.09 Å². The number of hydrogen-bond acceptors (Lipinski definition) is 6. The first-order chi connectivity index (χ1) is 17.0. The number of amides is 1. The summed E-state index contributed by atoms with van der Waals surface area (Å²) in [5.74, 6) is 1.92. The second kappa shape index (κ2) is 8.26. The summed E-state index contributed by atoms with van der Waals surface area (Å²) in [5, 5.41) is 14.9. The standard InChI is InChI=1S/C26H26N6O3/c27-23-21-22(17-6-8-20(9-7-17)35-19-4-2-1-3-5-19)30-32(24(21)29-16-28-23)18-10-12-26(13-11-18)14-31(15-26)25(33)34/h1-9,16,18H,10-15H2,(H,33,34)(H2,27,28,29). The predicted octanol–water partition coefficient (Wildman–Crippen LogP) is 4.96. The molecule has 3 heterocycles. The molecular formula is C26H26N6O3. The van der Waals surface area contributed by atoms with E-state index in [1.54, 1.807) is 0 Å². The summed E-state index contributed by atoms with van der Waals surface area (Å²) in [5.41, 5.74) is 8.82. The third-order valence-electron chi connectivity index (χ3n) is 7.31. The van der Waals surface area contributed by atoms with Crippen molar-refractivity contribution in [3.63, 3.8) is 0 Å². The quantitative estimate of drug-likeness (QED) is 0.432. The van der Waals surface area contributed by atoms with Gasteiger partial charge < -0.3 is 20.5 Å². The topological polar surface area (TPSA) is 119 Å². The van der Waals surface area contributed by atoms with E-state index in [0.717, 1.165) is 59.5 Å². The largest absolute Gasteiger partial charge is 0.465 e. The summed E-state index contributed by atoms with van der Waals surface area (Å²) < 4.78 is 7.92. The van der Waals surface area contributed by atoms with Crippen LogP contribution in [-0.4, -0.2) is 48.9 Å². The molecule has 178 valence electrons. The number of anilines is 1. The monoisotopic (exact) mass is 470 g/mol. The van der Waals surface area contributed by atoms with Crippen molar-refractivity contribution in [1.82, 2.24) is 24.6 Å². The van der Waals surface area contributed by atoms with Crippen LogP contribution >= 0.6 is 0 Å². The van der Waals surface area contributed by atoms with Crippen LogP contribution in [0.5, 0.6) is 11.5 Å². The molecule has 1 spiro atoms. The fourth-order valence-corrected chi connectivity index (χ4v) is 5.43. The summed E-state index contributed by atoms with van der Waals surface area (Å²) in [6, 6.07) is 17.6. The smallest absolute Gasteiger partial charge is 0.407 e. The number of likely N-dealkylation sites (tertiary alicyclic amines) is 1. The van der Waals surface area contributed by atoms with Crippen LogP contribution < -0.4 is 10.5 Å². The predicted molar refractivity (Wildman–Crippen MR) is 131 cm³/mol. The van der Waals surface area contributed by atoms with Crippen molar-refractivity contribution in [3.05, 3.63) is 60.9 Å². The van der Waals surface area contributed by atoms with E-state index in [-0.39, 0.29) is 11.5 Å². The average Bonchev–Trinajstić information content (AvgIpc) is 3.25. The molecule has 9 nitrogen and oxygen atoms in total. The first-order valence-corrected chi connectivity index (χ1v) is 11.8. The maximum atomic E-state index is 11.2. The third-order valence-corrected chi connectivity index (χ3v) is 7.31. The number of carbonyl (C=O) groups is 1. The fourth-order valence-electron chi connectivity index (χ4n) is 5.43. The Morgan fingerprint density at radius 3 is 2.37 bits per heavy atom. The molecule has 0 bridgehead atoms. The highest BCUT2D eigenvalue weighted by Crippen LogP contribution is 2.47. The molecule has 0 atom stereocenters. The molecule has 6 rings (SSSR count). The highest BCUT2D eigenvalue weighted by molar-refractivity contribution is 5.98. The van der Waals surface area contributed by atoms with Gasteiger partial charge in [-0.3, -0.25) is 0 Å². The van der Waals surface area contributed by atoms with Crippen LogP contribution in [0.2, 0.25) is 0 Å². The number of benzene rings is 2. The Kier molecular flexibility index (Phi) is 5.05. The molecule has 0 radical (unpaired) electrons. The average molecular weight is 471 g/mol. The van der Waals surface area contributed by atoms with Crippen LogP contribution in [-0.2, 0) is 0 Å². The Morgan fingerprint density at radius 1 is 1.00 bits per heavy atom. The van der Waals surface area contributed by atoms with E-state index in [4.69, 9.17) is 15.6 Å². The number of nitrogens with two attached hydrogens (primary N) is 1. The number of nitrogens with zero attached hydrogens (tertiary/aromatic N) is 5. The molecule has 2 fully saturated rings. The molecule has 9 heteroatoms. The van der Waals surface area contributed by atoms with Crippen LogP contribution in [0.15, 0.2) is 60.9 Å². The van der Waals surface area contributed by atoms with Gasteiger partial charge in [-0.15, -0.1) is 0 Å². The van der Waals surface area contributed by atoms with Gasteiger partial charge in [-0.1, -0.05) is 18.2 Å². The Balaban J connectivity index is 1.27. The van der Waals surface area contributed by atoms with Crippen molar-refractivity contribution < 1.29 is 14.6 Å². The second-order valence-corrected chi connectivity index (χ2v) is 9.56. The molecule has 1 amide bonds. The Bertz CT molecular complexity index is 1370. The minimum atomic E-state index is -0.826. The number of nitrogen functional groups attached to an aromatic ring is 1. The molecule has 1 aliphatic heterocycles. The summed E-state index contributed by atoms with van der Waals surface area (Å²) >= 11 is 0. The summed E-state index contributed by atoms with van der Waals surface area (Å²) in [6.45, 7) is 1.26. The van der Waals surface area contributed by atoms with Gasteiger partial charge in [0.25, 0.3) is 0 Å². The van der Waals surface area contributed by atoms with Crippen LogP contribution in [0.3, 0.4) is 0 Å². The minimum absolute atomic E-state index is 0.114. The van der Waals surface area contributed by atoms with Crippen molar-refractivity contribution >= 4 is 22.9 Å². The number of rotatable bonds is 4. The van der Waals surface area contributed by atoms with E-state index >= 15 is 0 Å². The van der Waals surface area contributed by atoms with Crippen molar-refractivity contribution in [1.29, 1.82) is 0 Å². The van der Waals surface area contributed by atoms with E-state index in [9.17, 15) is 9.90 Å². The SMILES string of the molecule is Nc1ncnc2c1c(-c1ccc(Oc3ccccc3)cc1)nn2C1CCC2(CC1)CN(C(=O)O)C2. The lowest BCUT2D eigenvalue weighted by Gasteiger charge is -2.52. The summed E-state index contributed by atoms with van der Waals surface area (Å²) in [7, 11) is 0. The Labute approximate surface area is 202 Å². The summed E-state index contributed by atoms with van der Waals surface area (Å²) in [4.78, 5) is 21.5. The van der Waals surface area contributed by atoms with E-state index < -0.39 is 6.09 Å². The third kappa shape index (κ3) is 3.82. The molecule has 1 aliphatic carbocycles. The molecule has 2 aromatic heterocycles. The zero-order chi connectivity index (χ0) is 24.0. The first-order valence-electron chi connectivity index (χ1n) is 11.8. The van der Waals surface area contributed by atoms with Gasteiger partial charge in [-0.25, -0.2) is 19.4 Å². The molecule has 1 saturated carbocycles. The second-order valence-electron chi connectivity index (χ2n) is 9.56. The zero-order valence-corrected chi connectivity index (χ0v) is 19.2. The van der Waals surface area contributed by atoms with Crippen LogP contribution in [0.25, 0.3) is 22.3 Å².